The number of hydrogen-bond donors (Lipinski definition) is 1. The Balaban J connectivity index is 2.06. The van der Waals surface area contributed by atoms with Crippen molar-refractivity contribution < 1.29 is 13.2 Å². The lowest BCUT2D eigenvalue weighted by Crippen LogP contribution is -2.14. The van der Waals surface area contributed by atoms with Gasteiger partial charge in [-0.1, -0.05) is 6.92 Å². The number of hydrogen-bond acceptors (Lipinski definition) is 4. The highest BCUT2D eigenvalue weighted by Crippen LogP contribution is 2.38. The van der Waals surface area contributed by atoms with Gasteiger partial charge in [0, 0.05) is 12.2 Å². The second-order valence-electron chi connectivity index (χ2n) is 4.47. The molecule has 92 valence electrons. The number of nitrogens with one attached hydrogen (secondary N) is 1. The number of sulfone groups is 1. The molecule has 17 heavy (non-hydrogen) atoms. The Morgan fingerprint density at radius 2 is 2.12 bits per heavy atom. The molecule has 1 amide bonds. The molecule has 1 N–H and O–H groups in total. The normalized spacial score (nSPS) is 23.2. The third kappa shape index (κ3) is 2.82. The van der Waals surface area contributed by atoms with Crippen molar-refractivity contribution in [2.24, 2.45) is 11.8 Å². The van der Waals surface area contributed by atoms with E-state index in [4.69, 9.17) is 0 Å². The number of amides is 1. The van der Waals surface area contributed by atoms with Gasteiger partial charge in [0.05, 0.1) is 11.9 Å². The number of pyridine rings is 1. The molecule has 2 rings (SSSR count). The molecule has 1 saturated carbocycles. The Labute approximate surface area is 100 Å². The fraction of sp³-hybridized carbons (Fsp3) is 0.455. The minimum atomic E-state index is -3.28. The maximum atomic E-state index is 11.6. The predicted molar refractivity (Wildman–Crippen MR) is 63.2 cm³/mol. The molecule has 1 aromatic heterocycles. The van der Waals surface area contributed by atoms with Crippen LogP contribution in [0.3, 0.4) is 0 Å². The van der Waals surface area contributed by atoms with Crippen LogP contribution in [-0.4, -0.2) is 25.6 Å². The summed E-state index contributed by atoms with van der Waals surface area (Å²) in [4.78, 5) is 15.4. The van der Waals surface area contributed by atoms with Gasteiger partial charge in [-0.05, 0) is 24.5 Å². The number of carbonyl (C=O) groups is 1. The van der Waals surface area contributed by atoms with Gasteiger partial charge in [0.25, 0.3) is 0 Å². The van der Waals surface area contributed by atoms with Crippen molar-refractivity contribution in [3.8, 4) is 0 Å². The van der Waals surface area contributed by atoms with Crippen LogP contribution in [-0.2, 0) is 14.6 Å². The largest absolute Gasteiger partial charge is 0.324 e. The molecule has 0 unspecified atom stereocenters. The number of nitrogens with zero attached hydrogens (tertiary/aromatic N) is 1. The molecule has 6 heteroatoms. The number of anilines is 1. The first kappa shape index (κ1) is 12.0. The fourth-order valence-electron chi connectivity index (χ4n) is 1.60. The summed E-state index contributed by atoms with van der Waals surface area (Å²) in [6, 6.07) is 2.94. The summed E-state index contributed by atoms with van der Waals surface area (Å²) in [5, 5.41) is 2.73. The molecule has 0 aromatic carbocycles. The second kappa shape index (κ2) is 4.10. The Kier molecular flexibility index (Phi) is 2.91. The molecule has 0 aliphatic heterocycles. The van der Waals surface area contributed by atoms with Crippen LogP contribution in [0.15, 0.2) is 23.4 Å². The van der Waals surface area contributed by atoms with E-state index in [1.165, 1.54) is 12.3 Å². The van der Waals surface area contributed by atoms with E-state index >= 15 is 0 Å². The molecular weight excluding hydrogens is 240 g/mol. The summed E-state index contributed by atoms with van der Waals surface area (Å²) in [5.74, 6) is 0.509. The first-order valence-corrected chi connectivity index (χ1v) is 7.24. The van der Waals surface area contributed by atoms with Gasteiger partial charge in [-0.3, -0.25) is 4.79 Å². The molecule has 0 spiro atoms. The van der Waals surface area contributed by atoms with E-state index in [2.05, 4.69) is 10.3 Å². The third-order valence-electron chi connectivity index (χ3n) is 2.83. The molecule has 0 bridgehead atoms. The second-order valence-corrected chi connectivity index (χ2v) is 6.43. The van der Waals surface area contributed by atoms with Crippen LogP contribution in [0.1, 0.15) is 13.3 Å². The number of carbonyl (C=O) groups excluding carboxylic acids is 1. The minimum absolute atomic E-state index is 0.00953. The maximum Gasteiger partial charge on any atom is 0.227 e. The van der Waals surface area contributed by atoms with Gasteiger partial charge in [-0.2, -0.15) is 0 Å². The molecular formula is C11H14N2O3S. The van der Waals surface area contributed by atoms with Crippen LogP contribution in [0.5, 0.6) is 0 Å². The van der Waals surface area contributed by atoms with Gasteiger partial charge in [-0.25, -0.2) is 13.4 Å². The van der Waals surface area contributed by atoms with Crippen molar-refractivity contribution in [3.63, 3.8) is 0 Å². The van der Waals surface area contributed by atoms with Gasteiger partial charge in [0.1, 0.15) is 0 Å². The summed E-state index contributed by atoms with van der Waals surface area (Å²) in [5.41, 5.74) is 0.529. The van der Waals surface area contributed by atoms with Crippen molar-refractivity contribution in [2.75, 3.05) is 11.6 Å². The zero-order valence-corrected chi connectivity index (χ0v) is 10.5. The predicted octanol–water partition coefficient (Wildman–Crippen LogP) is 1.08. The molecule has 1 aromatic rings. The van der Waals surface area contributed by atoms with Crippen LogP contribution in [0.4, 0.5) is 5.69 Å². The van der Waals surface area contributed by atoms with Gasteiger partial charge < -0.3 is 5.32 Å². The molecule has 5 nitrogen and oxygen atoms in total. The third-order valence-corrected chi connectivity index (χ3v) is 3.83. The van der Waals surface area contributed by atoms with Crippen molar-refractivity contribution in [3.05, 3.63) is 18.3 Å². The Morgan fingerprint density at radius 3 is 2.53 bits per heavy atom. The fourth-order valence-corrected chi connectivity index (χ4v) is 2.16. The number of aromatic nitrogens is 1. The lowest BCUT2D eigenvalue weighted by molar-refractivity contribution is -0.117. The lowest BCUT2D eigenvalue weighted by atomic mass is 10.3. The Morgan fingerprint density at radius 1 is 1.47 bits per heavy atom. The molecule has 1 aliphatic carbocycles. The zero-order chi connectivity index (χ0) is 12.6. The summed E-state index contributed by atoms with van der Waals surface area (Å²) in [6.45, 7) is 2.02. The van der Waals surface area contributed by atoms with E-state index in [1.807, 2.05) is 6.92 Å². The van der Waals surface area contributed by atoms with E-state index in [0.717, 1.165) is 12.7 Å². The molecule has 0 saturated heterocycles. The van der Waals surface area contributed by atoms with Crippen molar-refractivity contribution in [2.45, 2.75) is 18.4 Å². The Bertz CT molecular complexity index is 536. The van der Waals surface area contributed by atoms with Crippen molar-refractivity contribution >= 4 is 21.4 Å². The average molecular weight is 254 g/mol. The first-order valence-electron chi connectivity index (χ1n) is 5.35. The standard InChI is InChI=1S/C11H14N2O3S/c1-7-5-9(7)11(14)13-8-3-4-10(12-6-8)17(2,15)16/h3-4,6-7,9H,5H2,1-2H3,(H,13,14)/t7-,9+/m0/s1. The number of rotatable bonds is 3. The quantitative estimate of drug-likeness (QED) is 0.875. The molecule has 2 atom stereocenters. The average Bonchev–Trinajstić information content (AvgIpc) is 2.95. The van der Waals surface area contributed by atoms with E-state index in [-0.39, 0.29) is 16.9 Å². The van der Waals surface area contributed by atoms with Gasteiger partial charge in [0.2, 0.25) is 5.91 Å². The maximum absolute atomic E-state index is 11.6. The summed E-state index contributed by atoms with van der Waals surface area (Å²) in [7, 11) is -3.28. The zero-order valence-electron chi connectivity index (χ0n) is 9.67. The molecule has 0 radical (unpaired) electrons. The topological polar surface area (TPSA) is 76.1 Å². The smallest absolute Gasteiger partial charge is 0.227 e. The van der Waals surface area contributed by atoms with Crippen LogP contribution in [0.25, 0.3) is 0 Å². The van der Waals surface area contributed by atoms with E-state index in [9.17, 15) is 13.2 Å². The highest BCUT2D eigenvalue weighted by atomic mass is 32.2. The SMILES string of the molecule is C[C@H]1C[C@H]1C(=O)Nc1ccc(S(C)(=O)=O)nc1. The van der Waals surface area contributed by atoms with Crippen LogP contribution in [0, 0.1) is 11.8 Å². The Hall–Kier alpha value is -1.43. The van der Waals surface area contributed by atoms with Gasteiger partial charge in [-0.15, -0.1) is 0 Å². The van der Waals surface area contributed by atoms with E-state index in [1.54, 1.807) is 6.07 Å². The summed E-state index contributed by atoms with van der Waals surface area (Å²) < 4.78 is 22.4. The van der Waals surface area contributed by atoms with Gasteiger partial charge >= 0.3 is 0 Å². The highest BCUT2D eigenvalue weighted by Gasteiger charge is 2.39. The molecule has 1 fully saturated rings. The monoisotopic (exact) mass is 254 g/mol. The van der Waals surface area contributed by atoms with Crippen molar-refractivity contribution in [1.82, 2.24) is 4.98 Å². The van der Waals surface area contributed by atoms with Crippen molar-refractivity contribution in [1.29, 1.82) is 0 Å². The van der Waals surface area contributed by atoms with Crippen LogP contribution >= 0.6 is 0 Å². The molecule has 1 aliphatic rings. The molecule has 1 heterocycles. The highest BCUT2D eigenvalue weighted by molar-refractivity contribution is 7.90. The summed E-state index contributed by atoms with van der Waals surface area (Å²) >= 11 is 0. The minimum Gasteiger partial charge on any atom is -0.324 e. The van der Waals surface area contributed by atoms with Crippen LogP contribution < -0.4 is 5.32 Å². The van der Waals surface area contributed by atoms with Crippen LogP contribution in [0.2, 0.25) is 0 Å². The van der Waals surface area contributed by atoms with E-state index in [0.29, 0.717) is 11.6 Å². The summed E-state index contributed by atoms with van der Waals surface area (Å²) in [6.07, 6.45) is 3.38. The lowest BCUT2D eigenvalue weighted by Gasteiger charge is -2.04. The first-order chi connectivity index (χ1) is 7.88. The van der Waals surface area contributed by atoms with Gasteiger partial charge in [0.15, 0.2) is 14.9 Å². The van der Waals surface area contributed by atoms with E-state index < -0.39 is 9.84 Å².